The zero-order chi connectivity index (χ0) is 10.8. The van der Waals surface area contributed by atoms with E-state index in [-0.39, 0.29) is 5.75 Å². The monoisotopic (exact) mass is 202 g/mol. The van der Waals surface area contributed by atoms with Gasteiger partial charge >= 0.3 is 0 Å². The van der Waals surface area contributed by atoms with Crippen molar-refractivity contribution in [1.82, 2.24) is 0 Å². The van der Waals surface area contributed by atoms with Crippen molar-refractivity contribution in [2.75, 3.05) is 7.11 Å². The van der Waals surface area contributed by atoms with E-state index in [2.05, 4.69) is 0 Å². The zero-order valence-electron chi connectivity index (χ0n) is 8.23. The van der Waals surface area contributed by atoms with Crippen LogP contribution in [0.1, 0.15) is 10.4 Å². The Bertz CT molecular complexity index is 518. The van der Waals surface area contributed by atoms with E-state index in [1.54, 1.807) is 18.2 Å². The summed E-state index contributed by atoms with van der Waals surface area (Å²) in [5, 5.41) is 11.2. The smallest absolute Gasteiger partial charge is 0.165 e. The number of phenolic OH excluding ortho intramolecular Hbond substituents is 1. The Labute approximate surface area is 86.9 Å². The Kier molecular flexibility index (Phi) is 2.29. The third-order valence-electron chi connectivity index (χ3n) is 2.36. The number of methoxy groups -OCH3 is 1. The first-order valence-electron chi connectivity index (χ1n) is 4.52. The molecule has 3 heteroatoms. The van der Waals surface area contributed by atoms with Crippen molar-refractivity contribution in [3.63, 3.8) is 0 Å². The Morgan fingerprint density at radius 3 is 2.53 bits per heavy atom. The summed E-state index contributed by atoms with van der Waals surface area (Å²) in [6.45, 7) is 0. The van der Waals surface area contributed by atoms with Crippen LogP contribution in [0.15, 0.2) is 30.3 Å². The van der Waals surface area contributed by atoms with Crippen molar-refractivity contribution in [3.05, 3.63) is 35.9 Å². The number of phenols is 1. The summed E-state index contributed by atoms with van der Waals surface area (Å²) >= 11 is 0. The lowest BCUT2D eigenvalue weighted by Gasteiger charge is -2.08. The number of aromatic hydroxyl groups is 1. The fourth-order valence-corrected chi connectivity index (χ4v) is 1.61. The molecule has 0 fully saturated rings. The molecule has 0 saturated carbocycles. The second-order valence-corrected chi connectivity index (χ2v) is 3.18. The number of carbonyl (C=O) groups excluding carboxylic acids is 1. The lowest BCUT2D eigenvalue weighted by Crippen LogP contribution is -1.89. The Balaban J connectivity index is 2.90. The van der Waals surface area contributed by atoms with E-state index in [0.717, 1.165) is 11.7 Å². The normalized spacial score (nSPS) is 10.2. The molecule has 0 spiro atoms. The molecule has 0 unspecified atom stereocenters. The Morgan fingerprint density at radius 1 is 1.27 bits per heavy atom. The van der Waals surface area contributed by atoms with Gasteiger partial charge < -0.3 is 9.84 Å². The molecule has 0 aliphatic rings. The average molecular weight is 202 g/mol. The topological polar surface area (TPSA) is 46.5 Å². The predicted octanol–water partition coefficient (Wildman–Crippen LogP) is 2.37. The van der Waals surface area contributed by atoms with E-state index in [1.807, 2.05) is 6.07 Å². The number of rotatable bonds is 2. The third-order valence-corrected chi connectivity index (χ3v) is 2.36. The van der Waals surface area contributed by atoms with Crippen LogP contribution in [-0.4, -0.2) is 18.5 Å². The van der Waals surface area contributed by atoms with Crippen LogP contribution in [0.25, 0.3) is 10.8 Å². The minimum absolute atomic E-state index is 0.0682. The number of hydrogen-bond donors (Lipinski definition) is 1. The van der Waals surface area contributed by atoms with E-state index in [0.29, 0.717) is 16.7 Å². The van der Waals surface area contributed by atoms with Gasteiger partial charge in [-0.1, -0.05) is 24.3 Å². The highest BCUT2D eigenvalue weighted by atomic mass is 16.5. The molecule has 2 rings (SSSR count). The number of fused-ring (bicyclic) bond motifs is 1. The van der Waals surface area contributed by atoms with Crippen molar-refractivity contribution in [1.29, 1.82) is 0 Å². The number of aldehydes is 1. The molecule has 3 nitrogen and oxygen atoms in total. The van der Waals surface area contributed by atoms with Crippen LogP contribution in [0, 0.1) is 0 Å². The standard InChI is InChI=1S/C12H10O3/c1-15-11-6-8(7-13)9-4-2-3-5-10(9)12(11)14/h2-7,14H,1H3. The molecule has 0 aliphatic heterocycles. The molecular formula is C12H10O3. The highest BCUT2D eigenvalue weighted by Gasteiger charge is 2.10. The molecule has 1 N–H and O–H groups in total. The Morgan fingerprint density at radius 2 is 1.93 bits per heavy atom. The Hall–Kier alpha value is -2.03. The first-order chi connectivity index (χ1) is 7.27. The average Bonchev–Trinajstić information content (AvgIpc) is 2.30. The van der Waals surface area contributed by atoms with E-state index in [1.165, 1.54) is 13.2 Å². The molecule has 0 aromatic heterocycles. The van der Waals surface area contributed by atoms with Crippen molar-refractivity contribution in [2.24, 2.45) is 0 Å². The molecule has 2 aromatic carbocycles. The van der Waals surface area contributed by atoms with Gasteiger partial charge in [0.2, 0.25) is 0 Å². The fourth-order valence-electron chi connectivity index (χ4n) is 1.61. The van der Waals surface area contributed by atoms with Crippen LogP contribution in [0.2, 0.25) is 0 Å². The maximum absolute atomic E-state index is 10.9. The number of hydrogen-bond acceptors (Lipinski definition) is 3. The largest absolute Gasteiger partial charge is 0.504 e. The predicted molar refractivity (Wildman–Crippen MR) is 57.6 cm³/mol. The van der Waals surface area contributed by atoms with E-state index < -0.39 is 0 Å². The van der Waals surface area contributed by atoms with Crippen LogP contribution < -0.4 is 4.74 Å². The molecule has 0 aliphatic carbocycles. The van der Waals surface area contributed by atoms with Crippen LogP contribution in [0.3, 0.4) is 0 Å². The minimum Gasteiger partial charge on any atom is -0.504 e. The number of benzene rings is 2. The van der Waals surface area contributed by atoms with Crippen LogP contribution >= 0.6 is 0 Å². The van der Waals surface area contributed by atoms with Gasteiger partial charge in [-0.15, -0.1) is 0 Å². The van der Waals surface area contributed by atoms with Gasteiger partial charge in [-0.3, -0.25) is 4.79 Å². The maximum Gasteiger partial charge on any atom is 0.165 e. The molecule has 0 amide bonds. The summed E-state index contributed by atoms with van der Waals surface area (Å²) < 4.78 is 4.99. The maximum atomic E-state index is 10.9. The van der Waals surface area contributed by atoms with Crippen molar-refractivity contribution in [3.8, 4) is 11.5 Å². The zero-order valence-corrected chi connectivity index (χ0v) is 8.23. The molecule has 0 atom stereocenters. The van der Waals surface area contributed by atoms with Gasteiger partial charge in [0.05, 0.1) is 7.11 Å². The molecular weight excluding hydrogens is 192 g/mol. The quantitative estimate of drug-likeness (QED) is 0.760. The van der Waals surface area contributed by atoms with Crippen LogP contribution in [0.4, 0.5) is 0 Å². The summed E-state index contributed by atoms with van der Waals surface area (Å²) in [5.41, 5.74) is 0.514. The first-order valence-corrected chi connectivity index (χ1v) is 4.52. The molecule has 2 aromatic rings. The summed E-state index contributed by atoms with van der Waals surface area (Å²) in [6.07, 6.45) is 0.754. The van der Waals surface area contributed by atoms with Gasteiger partial charge in [0.15, 0.2) is 17.8 Å². The van der Waals surface area contributed by atoms with Crippen molar-refractivity contribution >= 4 is 17.1 Å². The second-order valence-electron chi connectivity index (χ2n) is 3.18. The molecule has 0 bridgehead atoms. The SMILES string of the molecule is COc1cc(C=O)c2ccccc2c1O. The van der Waals surface area contributed by atoms with Gasteiger partial charge in [-0.2, -0.15) is 0 Å². The molecule has 76 valence electrons. The first kappa shape index (κ1) is 9.52. The summed E-state index contributed by atoms with van der Waals surface area (Å²) in [5.74, 6) is 0.384. The number of carbonyl (C=O) groups is 1. The number of ether oxygens (including phenoxy) is 1. The highest BCUT2D eigenvalue weighted by molar-refractivity contribution is 6.02. The van der Waals surface area contributed by atoms with Gasteiger partial charge in [0.1, 0.15) is 0 Å². The summed E-state index contributed by atoms with van der Waals surface area (Å²) in [4.78, 5) is 10.9. The van der Waals surface area contributed by atoms with Gasteiger partial charge in [0.25, 0.3) is 0 Å². The minimum atomic E-state index is 0.0682. The molecule has 15 heavy (non-hydrogen) atoms. The van der Waals surface area contributed by atoms with Crippen molar-refractivity contribution in [2.45, 2.75) is 0 Å². The lowest BCUT2D eigenvalue weighted by atomic mass is 10.0. The van der Waals surface area contributed by atoms with Crippen LogP contribution in [-0.2, 0) is 0 Å². The van der Waals surface area contributed by atoms with E-state index in [9.17, 15) is 9.90 Å². The fraction of sp³-hybridized carbons (Fsp3) is 0.0833. The third kappa shape index (κ3) is 1.42. The highest BCUT2D eigenvalue weighted by Crippen LogP contribution is 2.35. The molecule has 0 radical (unpaired) electrons. The van der Waals surface area contributed by atoms with Crippen LogP contribution in [0.5, 0.6) is 11.5 Å². The molecule has 0 heterocycles. The van der Waals surface area contributed by atoms with Gasteiger partial charge in [-0.25, -0.2) is 0 Å². The summed E-state index contributed by atoms with van der Waals surface area (Å²) in [7, 11) is 1.46. The van der Waals surface area contributed by atoms with E-state index in [4.69, 9.17) is 4.74 Å². The van der Waals surface area contributed by atoms with Gasteiger partial charge in [-0.05, 0) is 11.5 Å². The second kappa shape index (κ2) is 3.61. The van der Waals surface area contributed by atoms with Gasteiger partial charge in [0, 0.05) is 10.9 Å². The molecule has 0 saturated heterocycles. The van der Waals surface area contributed by atoms with E-state index >= 15 is 0 Å². The van der Waals surface area contributed by atoms with Crippen molar-refractivity contribution < 1.29 is 14.6 Å². The lowest BCUT2D eigenvalue weighted by molar-refractivity contribution is 0.112. The summed E-state index contributed by atoms with van der Waals surface area (Å²) in [6, 6.07) is 8.69.